The maximum absolute atomic E-state index is 12.1. The van der Waals surface area contributed by atoms with Gasteiger partial charge in [0.25, 0.3) is 0 Å². The third kappa shape index (κ3) is 3.85. The van der Waals surface area contributed by atoms with Gasteiger partial charge in [-0.2, -0.15) is 5.26 Å². The average Bonchev–Trinajstić information content (AvgIpc) is 2.84. The van der Waals surface area contributed by atoms with E-state index in [2.05, 4.69) is 27.0 Å². The Hall–Kier alpha value is -3.95. The van der Waals surface area contributed by atoms with Crippen LogP contribution in [0.15, 0.2) is 77.4 Å². The summed E-state index contributed by atoms with van der Waals surface area (Å²) < 4.78 is 6.78. The maximum Gasteiger partial charge on any atom is 0.303 e. The van der Waals surface area contributed by atoms with Crippen LogP contribution < -0.4 is 0 Å². The Balaban J connectivity index is 1.76. The van der Waals surface area contributed by atoms with Gasteiger partial charge in [-0.05, 0) is 52.6 Å². The Labute approximate surface area is 205 Å². The number of benzene rings is 3. The summed E-state index contributed by atoms with van der Waals surface area (Å²) in [6, 6.07) is 22.9. The van der Waals surface area contributed by atoms with Crippen molar-refractivity contribution in [3.63, 3.8) is 0 Å². The first-order chi connectivity index (χ1) is 16.5. The van der Waals surface area contributed by atoms with Crippen molar-refractivity contribution in [3.8, 4) is 45.3 Å². The number of rotatable bonds is 3. The minimum Gasteiger partial charge on any atom is -0.507 e. The molecular weight excluding hydrogens is 492 g/mol. The number of esters is 1. The summed E-state index contributed by atoms with van der Waals surface area (Å²) in [6.45, 7) is 1.39. The number of nitriles is 1. The Morgan fingerprint density at radius 1 is 1.06 bits per heavy atom. The van der Waals surface area contributed by atoms with Gasteiger partial charge in [0.1, 0.15) is 17.9 Å². The summed E-state index contributed by atoms with van der Waals surface area (Å²) in [7, 11) is 0. The van der Waals surface area contributed by atoms with E-state index in [1.54, 1.807) is 12.1 Å². The Bertz CT molecular complexity index is 1460. The van der Waals surface area contributed by atoms with Crippen LogP contribution in [0.2, 0.25) is 0 Å². The van der Waals surface area contributed by atoms with Crippen molar-refractivity contribution in [2.24, 2.45) is 0 Å². The number of nitrogens with zero attached hydrogens (tertiary/aromatic N) is 2. The highest BCUT2D eigenvalue weighted by molar-refractivity contribution is 9.10. The molecule has 0 aliphatic heterocycles. The predicted octanol–water partition coefficient (Wildman–Crippen LogP) is 6.58. The predicted molar refractivity (Wildman–Crippen MR) is 133 cm³/mol. The normalized spacial score (nSPS) is 14.0. The van der Waals surface area contributed by atoms with Gasteiger partial charge in [-0.3, -0.25) is 9.78 Å². The number of ether oxygens (including phenoxy) is 1. The summed E-state index contributed by atoms with van der Waals surface area (Å²) in [5.41, 5.74) is 7.18. The maximum atomic E-state index is 12.1. The number of aromatic nitrogens is 1. The van der Waals surface area contributed by atoms with E-state index < -0.39 is 12.1 Å². The van der Waals surface area contributed by atoms with Crippen LogP contribution in [0.3, 0.4) is 0 Å². The fourth-order valence-electron chi connectivity index (χ4n) is 4.60. The van der Waals surface area contributed by atoms with Crippen LogP contribution in [0.4, 0.5) is 0 Å². The van der Waals surface area contributed by atoms with Crippen molar-refractivity contribution in [1.29, 1.82) is 5.26 Å². The third-order valence-corrected chi connectivity index (χ3v) is 6.54. The molecular formula is C28H19BrN2O3. The number of phenolic OH excluding ortho intramolecular Hbond substituents is 1. The van der Waals surface area contributed by atoms with E-state index >= 15 is 0 Å². The smallest absolute Gasteiger partial charge is 0.303 e. The van der Waals surface area contributed by atoms with Crippen molar-refractivity contribution >= 4 is 21.9 Å². The average molecular weight is 511 g/mol. The molecule has 0 bridgehead atoms. The van der Waals surface area contributed by atoms with Crippen LogP contribution in [-0.4, -0.2) is 16.1 Å². The standard InChI is InChI=1S/C28H19BrN2O3/c1-16(32)34-26-13-23-21(24-11-5-17(14-30)15-31-24)3-2-4-22(23)27-25(33)12-10-20(28(26)27)18-6-8-19(29)9-7-18/h2-12,15,26,33H,13H2,1H3. The third-order valence-electron chi connectivity index (χ3n) is 6.01. The second-order valence-electron chi connectivity index (χ2n) is 8.11. The van der Waals surface area contributed by atoms with Gasteiger partial charge in [0, 0.05) is 40.7 Å². The van der Waals surface area contributed by atoms with E-state index in [1.807, 2.05) is 54.6 Å². The van der Waals surface area contributed by atoms with Gasteiger partial charge < -0.3 is 9.84 Å². The van der Waals surface area contributed by atoms with Crippen LogP contribution in [0.1, 0.15) is 29.7 Å². The molecule has 4 aromatic rings. The number of carbonyl (C=O) groups is 1. The highest BCUT2D eigenvalue weighted by atomic mass is 79.9. The van der Waals surface area contributed by atoms with Gasteiger partial charge in [0.2, 0.25) is 0 Å². The van der Waals surface area contributed by atoms with Gasteiger partial charge in [-0.25, -0.2) is 0 Å². The molecule has 1 aromatic heterocycles. The molecule has 0 radical (unpaired) electrons. The summed E-state index contributed by atoms with van der Waals surface area (Å²) >= 11 is 3.48. The van der Waals surface area contributed by atoms with E-state index in [0.29, 0.717) is 23.2 Å². The Morgan fingerprint density at radius 2 is 1.82 bits per heavy atom. The molecule has 0 amide bonds. The molecule has 34 heavy (non-hydrogen) atoms. The fourth-order valence-corrected chi connectivity index (χ4v) is 4.86. The van der Waals surface area contributed by atoms with Crippen molar-refractivity contribution in [3.05, 3.63) is 94.1 Å². The minimum atomic E-state index is -0.578. The lowest BCUT2D eigenvalue weighted by molar-refractivity contribution is -0.146. The molecule has 166 valence electrons. The van der Waals surface area contributed by atoms with Crippen molar-refractivity contribution in [2.75, 3.05) is 0 Å². The van der Waals surface area contributed by atoms with E-state index in [-0.39, 0.29) is 5.75 Å². The van der Waals surface area contributed by atoms with Gasteiger partial charge in [-0.15, -0.1) is 0 Å². The highest BCUT2D eigenvalue weighted by Gasteiger charge is 2.33. The molecule has 1 heterocycles. The van der Waals surface area contributed by atoms with Crippen molar-refractivity contribution in [1.82, 2.24) is 4.98 Å². The van der Waals surface area contributed by atoms with Crippen LogP contribution >= 0.6 is 15.9 Å². The molecule has 1 N–H and O–H groups in total. The molecule has 1 atom stereocenters. The lowest BCUT2D eigenvalue weighted by atomic mass is 9.77. The molecule has 0 saturated carbocycles. The van der Waals surface area contributed by atoms with Crippen LogP contribution in [0.5, 0.6) is 5.75 Å². The largest absolute Gasteiger partial charge is 0.507 e. The van der Waals surface area contributed by atoms with Crippen LogP contribution in [0.25, 0.3) is 33.5 Å². The summed E-state index contributed by atoms with van der Waals surface area (Å²) in [4.78, 5) is 16.6. The summed E-state index contributed by atoms with van der Waals surface area (Å²) in [5, 5.41) is 20.1. The molecule has 5 rings (SSSR count). The summed E-state index contributed by atoms with van der Waals surface area (Å²) in [6.07, 6.45) is 1.40. The van der Waals surface area contributed by atoms with Crippen molar-refractivity contribution in [2.45, 2.75) is 19.4 Å². The number of fused-ring (bicyclic) bond motifs is 3. The molecule has 1 aliphatic carbocycles. The van der Waals surface area contributed by atoms with E-state index in [0.717, 1.165) is 37.9 Å². The van der Waals surface area contributed by atoms with E-state index in [4.69, 9.17) is 10.00 Å². The second kappa shape index (κ2) is 8.77. The molecule has 3 aromatic carbocycles. The number of carbonyl (C=O) groups excluding carboxylic acids is 1. The molecule has 1 aliphatic rings. The zero-order chi connectivity index (χ0) is 23.8. The second-order valence-corrected chi connectivity index (χ2v) is 9.02. The highest BCUT2D eigenvalue weighted by Crippen LogP contribution is 2.50. The van der Waals surface area contributed by atoms with Gasteiger partial charge in [0.15, 0.2) is 0 Å². The number of hydrogen-bond donors (Lipinski definition) is 1. The number of phenols is 1. The first-order valence-electron chi connectivity index (χ1n) is 10.7. The van der Waals surface area contributed by atoms with Crippen molar-refractivity contribution < 1.29 is 14.6 Å². The number of pyridine rings is 1. The lowest BCUT2D eigenvalue weighted by Gasteiger charge is -2.31. The summed E-state index contributed by atoms with van der Waals surface area (Å²) in [5.74, 6) is -0.266. The number of halogens is 1. The topological polar surface area (TPSA) is 83.2 Å². The SMILES string of the molecule is CC(=O)OC1Cc2c(-c3ccc(C#N)cn3)cccc2-c2c(O)ccc(-c3ccc(Br)cc3)c21. The Kier molecular flexibility index (Phi) is 5.64. The Morgan fingerprint density at radius 3 is 2.50 bits per heavy atom. The first kappa shape index (κ1) is 21.9. The molecule has 0 fully saturated rings. The number of hydrogen-bond acceptors (Lipinski definition) is 5. The first-order valence-corrected chi connectivity index (χ1v) is 11.5. The quantitative estimate of drug-likeness (QED) is 0.314. The molecule has 6 heteroatoms. The van der Waals surface area contributed by atoms with Gasteiger partial charge in [-0.1, -0.05) is 52.3 Å². The molecule has 0 saturated heterocycles. The van der Waals surface area contributed by atoms with E-state index in [9.17, 15) is 9.90 Å². The number of aromatic hydroxyl groups is 1. The van der Waals surface area contributed by atoms with Gasteiger partial charge >= 0.3 is 5.97 Å². The fraction of sp³-hybridized carbons (Fsp3) is 0.107. The van der Waals surface area contributed by atoms with Gasteiger partial charge in [0.05, 0.1) is 11.3 Å². The monoisotopic (exact) mass is 510 g/mol. The zero-order valence-electron chi connectivity index (χ0n) is 18.2. The lowest BCUT2D eigenvalue weighted by Crippen LogP contribution is -2.18. The molecule has 0 spiro atoms. The molecule has 1 unspecified atom stereocenters. The van der Waals surface area contributed by atoms with Crippen LogP contribution in [-0.2, 0) is 16.0 Å². The van der Waals surface area contributed by atoms with Crippen LogP contribution in [0, 0.1) is 11.3 Å². The molecule has 5 nitrogen and oxygen atoms in total. The zero-order valence-corrected chi connectivity index (χ0v) is 19.8. The minimum absolute atomic E-state index is 0.124. The van der Waals surface area contributed by atoms with E-state index in [1.165, 1.54) is 13.1 Å².